The fourth-order valence-corrected chi connectivity index (χ4v) is 3.23. The van der Waals surface area contributed by atoms with Crippen molar-refractivity contribution in [3.63, 3.8) is 0 Å². The SMILES string of the molecule is CN(CCCO)S(=O)(=O)Nc1ccc2ncsc2c1. The Labute approximate surface area is 115 Å². The number of anilines is 1. The van der Waals surface area contributed by atoms with E-state index in [0.29, 0.717) is 12.1 Å². The summed E-state index contributed by atoms with van der Waals surface area (Å²) in [6, 6.07) is 5.21. The molecule has 0 aliphatic rings. The van der Waals surface area contributed by atoms with Crippen LogP contribution in [0.15, 0.2) is 23.7 Å². The summed E-state index contributed by atoms with van der Waals surface area (Å²) < 4.78 is 28.6. The van der Waals surface area contributed by atoms with Crippen LogP contribution in [-0.4, -0.2) is 43.0 Å². The molecule has 0 unspecified atom stereocenters. The van der Waals surface area contributed by atoms with E-state index in [4.69, 9.17) is 5.11 Å². The molecule has 1 heterocycles. The normalized spacial score (nSPS) is 12.2. The molecule has 0 radical (unpaired) electrons. The first-order valence-corrected chi connectivity index (χ1v) is 8.03. The number of nitrogens with zero attached hydrogens (tertiary/aromatic N) is 2. The molecule has 0 fully saturated rings. The molecule has 1 aromatic carbocycles. The molecule has 6 nitrogen and oxygen atoms in total. The number of aliphatic hydroxyl groups is 1. The Kier molecular flexibility index (Phi) is 4.35. The number of hydrogen-bond acceptors (Lipinski definition) is 5. The monoisotopic (exact) mass is 301 g/mol. The fourth-order valence-electron chi connectivity index (χ4n) is 1.56. The standard InChI is InChI=1S/C11H15N3O3S2/c1-14(5-2-6-15)19(16,17)13-9-3-4-10-11(7-9)18-8-12-10/h3-4,7-8,13,15H,2,5-6H2,1H3. The van der Waals surface area contributed by atoms with Gasteiger partial charge in [0.05, 0.1) is 21.4 Å². The quantitative estimate of drug-likeness (QED) is 0.841. The van der Waals surface area contributed by atoms with E-state index in [0.717, 1.165) is 10.2 Å². The Morgan fingerprint density at radius 2 is 2.26 bits per heavy atom. The maximum Gasteiger partial charge on any atom is 0.301 e. The summed E-state index contributed by atoms with van der Waals surface area (Å²) in [5.41, 5.74) is 3.07. The highest BCUT2D eigenvalue weighted by atomic mass is 32.2. The van der Waals surface area contributed by atoms with Gasteiger partial charge in [0.25, 0.3) is 0 Å². The lowest BCUT2D eigenvalue weighted by Gasteiger charge is -2.17. The van der Waals surface area contributed by atoms with Crippen LogP contribution in [0.1, 0.15) is 6.42 Å². The van der Waals surface area contributed by atoms with Crippen LogP contribution in [0.25, 0.3) is 10.2 Å². The predicted octanol–water partition coefficient (Wildman–Crippen LogP) is 1.27. The molecule has 0 amide bonds. The molecule has 104 valence electrons. The molecule has 0 saturated carbocycles. The second kappa shape index (κ2) is 5.83. The van der Waals surface area contributed by atoms with Gasteiger partial charge in [-0.3, -0.25) is 4.72 Å². The van der Waals surface area contributed by atoms with E-state index < -0.39 is 10.2 Å². The van der Waals surface area contributed by atoms with E-state index in [1.807, 2.05) is 0 Å². The fraction of sp³-hybridized carbons (Fsp3) is 0.364. The van der Waals surface area contributed by atoms with Crippen molar-refractivity contribution in [2.45, 2.75) is 6.42 Å². The van der Waals surface area contributed by atoms with Crippen molar-refractivity contribution < 1.29 is 13.5 Å². The third-order valence-electron chi connectivity index (χ3n) is 2.62. The van der Waals surface area contributed by atoms with Gasteiger partial charge in [0, 0.05) is 20.2 Å². The molecular formula is C11H15N3O3S2. The van der Waals surface area contributed by atoms with E-state index in [2.05, 4.69) is 9.71 Å². The van der Waals surface area contributed by atoms with Gasteiger partial charge in [-0.2, -0.15) is 12.7 Å². The van der Waals surface area contributed by atoms with Gasteiger partial charge < -0.3 is 5.11 Å². The molecule has 19 heavy (non-hydrogen) atoms. The maximum atomic E-state index is 12.0. The number of thiazole rings is 1. The topological polar surface area (TPSA) is 82.5 Å². The van der Waals surface area contributed by atoms with Crippen molar-refractivity contribution in [2.75, 3.05) is 24.9 Å². The zero-order valence-corrected chi connectivity index (χ0v) is 12.0. The van der Waals surface area contributed by atoms with E-state index in [-0.39, 0.29) is 13.2 Å². The minimum absolute atomic E-state index is 0.0350. The van der Waals surface area contributed by atoms with Crippen molar-refractivity contribution in [1.29, 1.82) is 0 Å². The third-order valence-corrected chi connectivity index (χ3v) is 4.91. The molecular weight excluding hydrogens is 286 g/mol. The average Bonchev–Trinajstić information content (AvgIpc) is 2.82. The summed E-state index contributed by atoms with van der Waals surface area (Å²) in [6.07, 6.45) is 0.408. The minimum atomic E-state index is -3.58. The molecule has 0 atom stereocenters. The number of nitrogens with one attached hydrogen (secondary N) is 1. The number of aliphatic hydroxyl groups excluding tert-OH is 1. The molecule has 0 spiro atoms. The lowest BCUT2D eigenvalue weighted by molar-refractivity contribution is 0.276. The molecule has 2 rings (SSSR count). The molecule has 1 aromatic heterocycles. The summed E-state index contributed by atoms with van der Waals surface area (Å²) in [5, 5.41) is 8.72. The van der Waals surface area contributed by atoms with Crippen LogP contribution < -0.4 is 4.72 Å². The van der Waals surface area contributed by atoms with Crippen molar-refractivity contribution in [2.24, 2.45) is 0 Å². The second-order valence-corrected chi connectivity index (χ2v) is 6.70. The third kappa shape index (κ3) is 3.41. The Bertz CT molecular complexity index is 654. The van der Waals surface area contributed by atoms with Gasteiger partial charge in [-0.1, -0.05) is 0 Å². The van der Waals surface area contributed by atoms with Gasteiger partial charge in [0.15, 0.2) is 0 Å². The van der Waals surface area contributed by atoms with Crippen LogP contribution in [0.3, 0.4) is 0 Å². The number of aromatic nitrogens is 1. The Morgan fingerprint density at radius 3 is 3.00 bits per heavy atom. The number of hydrogen-bond donors (Lipinski definition) is 2. The van der Waals surface area contributed by atoms with E-state index in [9.17, 15) is 8.42 Å². The molecule has 2 N–H and O–H groups in total. The average molecular weight is 301 g/mol. The number of benzene rings is 1. The Hall–Kier alpha value is -1.22. The van der Waals surface area contributed by atoms with Gasteiger partial charge in [-0.15, -0.1) is 11.3 Å². The van der Waals surface area contributed by atoms with Crippen LogP contribution >= 0.6 is 11.3 Å². The van der Waals surface area contributed by atoms with E-state index >= 15 is 0 Å². The maximum absolute atomic E-state index is 12.0. The number of fused-ring (bicyclic) bond motifs is 1. The highest BCUT2D eigenvalue weighted by molar-refractivity contribution is 7.90. The molecule has 2 aromatic rings. The van der Waals surface area contributed by atoms with Crippen molar-refractivity contribution in [1.82, 2.24) is 9.29 Å². The predicted molar refractivity (Wildman–Crippen MR) is 76.5 cm³/mol. The first-order valence-electron chi connectivity index (χ1n) is 5.71. The summed E-state index contributed by atoms with van der Waals surface area (Å²) in [6.45, 7) is 0.237. The lowest BCUT2D eigenvalue weighted by Crippen LogP contribution is -2.33. The largest absolute Gasteiger partial charge is 0.396 e. The summed E-state index contributed by atoms with van der Waals surface area (Å²) in [7, 11) is -2.11. The van der Waals surface area contributed by atoms with Crippen molar-refractivity contribution in [3.8, 4) is 0 Å². The second-order valence-electron chi connectivity index (χ2n) is 4.04. The van der Waals surface area contributed by atoms with Gasteiger partial charge in [0.1, 0.15) is 0 Å². The van der Waals surface area contributed by atoms with E-state index in [1.54, 1.807) is 23.7 Å². The smallest absolute Gasteiger partial charge is 0.301 e. The first-order chi connectivity index (χ1) is 9.03. The zero-order chi connectivity index (χ0) is 13.9. The Balaban J connectivity index is 2.14. The highest BCUT2D eigenvalue weighted by Gasteiger charge is 2.17. The Morgan fingerprint density at radius 1 is 1.47 bits per heavy atom. The molecule has 0 bridgehead atoms. The van der Waals surface area contributed by atoms with Crippen LogP contribution in [0.5, 0.6) is 0 Å². The summed E-state index contributed by atoms with van der Waals surface area (Å²) in [4.78, 5) is 4.14. The molecule has 0 saturated heterocycles. The molecule has 0 aliphatic heterocycles. The van der Waals surface area contributed by atoms with Crippen LogP contribution in [-0.2, 0) is 10.2 Å². The van der Waals surface area contributed by atoms with Crippen molar-refractivity contribution >= 4 is 37.5 Å². The molecule has 8 heteroatoms. The van der Waals surface area contributed by atoms with Crippen LogP contribution in [0, 0.1) is 0 Å². The highest BCUT2D eigenvalue weighted by Crippen LogP contribution is 2.22. The first kappa shape index (κ1) is 14.2. The summed E-state index contributed by atoms with van der Waals surface area (Å²) >= 11 is 1.46. The van der Waals surface area contributed by atoms with Gasteiger partial charge in [-0.25, -0.2) is 4.98 Å². The van der Waals surface area contributed by atoms with Crippen molar-refractivity contribution in [3.05, 3.63) is 23.7 Å². The van der Waals surface area contributed by atoms with Gasteiger partial charge in [-0.05, 0) is 24.6 Å². The van der Waals surface area contributed by atoms with Crippen LogP contribution in [0.2, 0.25) is 0 Å². The van der Waals surface area contributed by atoms with Gasteiger partial charge >= 0.3 is 10.2 Å². The van der Waals surface area contributed by atoms with Crippen LogP contribution in [0.4, 0.5) is 5.69 Å². The minimum Gasteiger partial charge on any atom is -0.396 e. The lowest BCUT2D eigenvalue weighted by atomic mass is 10.3. The number of rotatable bonds is 6. The van der Waals surface area contributed by atoms with E-state index in [1.165, 1.54) is 22.7 Å². The molecule has 0 aliphatic carbocycles. The van der Waals surface area contributed by atoms with Gasteiger partial charge in [0.2, 0.25) is 0 Å². The zero-order valence-electron chi connectivity index (χ0n) is 10.4. The summed E-state index contributed by atoms with van der Waals surface area (Å²) in [5.74, 6) is 0.